The summed E-state index contributed by atoms with van der Waals surface area (Å²) in [5.41, 5.74) is 0.709. The number of aliphatic imine (C=N–C) groups is 1. The van der Waals surface area contributed by atoms with E-state index in [1.54, 1.807) is 24.2 Å². The summed E-state index contributed by atoms with van der Waals surface area (Å²) in [7, 11) is 1.72. The van der Waals surface area contributed by atoms with E-state index in [1.165, 1.54) is 18.5 Å². The molecule has 0 saturated carbocycles. The van der Waals surface area contributed by atoms with E-state index in [0.717, 1.165) is 0 Å². The summed E-state index contributed by atoms with van der Waals surface area (Å²) in [5, 5.41) is 19.4. The standard InChI is InChI=1S/C14H14N4O3/c1-14(2)7-12(17(3)9-16-8-15)11-6-10(18(19)20)4-5-13(11)21-14/h4-7,9H,1-3H3. The molecular formula is C14H14N4O3. The van der Waals surface area contributed by atoms with Crippen LogP contribution in [0, 0.1) is 21.6 Å². The molecule has 1 aliphatic heterocycles. The van der Waals surface area contributed by atoms with Gasteiger partial charge in [-0.3, -0.25) is 10.1 Å². The summed E-state index contributed by atoms with van der Waals surface area (Å²) in [6.45, 7) is 3.76. The number of fused-ring (bicyclic) bond motifs is 1. The van der Waals surface area contributed by atoms with Crippen LogP contribution in [0.25, 0.3) is 5.70 Å². The van der Waals surface area contributed by atoms with Gasteiger partial charge in [0, 0.05) is 24.7 Å². The summed E-state index contributed by atoms with van der Waals surface area (Å²) >= 11 is 0. The Labute approximate surface area is 121 Å². The average Bonchev–Trinajstić information content (AvgIpc) is 2.42. The van der Waals surface area contributed by atoms with Crippen molar-refractivity contribution in [1.82, 2.24) is 4.90 Å². The van der Waals surface area contributed by atoms with Crippen molar-refractivity contribution < 1.29 is 9.66 Å². The molecule has 0 saturated heterocycles. The van der Waals surface area contributed by atoms with Gasteiger partial charge in [-0.15, -0.1) is 0 Å². The Kier molecular flexibility index (Phi) is 3.63. The number of hydrogen-bond acceptors (Lipinski definition) is 5. The zero-order chi connectivity index (χ0) is 15.6. The fraction of sp³-hybridized carbons (Fsp3) is 0.286. The van der Waals surface area contributed by atoms with Crippen molar-refractivity contribution >= 4 is 17.7 Å². The lowest BCUT2D eigenvalue weighted by Crippen LogP contribution is -2.32. The predicted molar refractivity (Wildman–Crippen MR) is 77.6 cm³/mol. The number of ether oxygens (including phenoxy) is 1. The lowest BCUT2D eigenvalue weighted by atomic mass is 9.98. The van der Waals surface area contributed by atoms with Crippen LogP contribution in [-0.2, 0) is 0 Å². The van der Waals surface area contributed by atoms with E-state index < -0.39 is 10.5 Å². The highest BCUT2D eigenvalue weighted by Gasteiger charge is 2.29. The molecule has 0 unspecified atom stereocenters. The molecule has 0 spiro atoms. The first-order chi connectivity index (χ1) is 9.84. The third-order valence-corrected chi connectivity index (χ3v) is 2.98. The van der Waals surface area contributed by atoms with Crippen LogP contribution in [0.3, 0.4) is 0 Å². The first kappa shape index (κ1) is 14.5. The molecule has 21 heavy (non-hydrogen) atoms. The number of nitro groups is 1. The van der Waals surface area contributed by atoms with E-state index in [2.05, 4.69) is 4.99 Å². The molecular weight excluding hydrogens is 272 g/mol. The molecule has 7 heteroatoms. The van der Waals surface area contributed by atoms with Crippen LogP contribution < -0.4 is 4.74 Å². The molecule has 0 atom stereocenters. The molecule has 7 nitrogen and oxygen atoms in total. The lowest BCUT2D eigenvalue weighted by molar-refractivity contribution is -0.384. The minimum absolute atomic E-state index is 0.0198. The third-order valence-electron chi connectivity index (χ3n) is 2.98. The Balaban J connectivity index is 2.55. The average molecular weight is 286 g/mol. The Hall–Kier alpha value is -2.88. The number of nitriles is 1. The van der Waals surface area contributed by atoms with Crippen molar-refractivity contribution in [2.45, 2.75) is 19.4 Å². The van der Waals surface area contributed by atoms with Gasteiger partial charge in [-0.1, -0.05) is 0 Å². The Morgan fingerprint density at radius 1 is 1.52 bits per heavy atom. The molecule has 108 valence electrons. The normalized spacial score (nSPS) is 15.6. The number of hydrogen-bond donors (Lipinski definition) is 0. The molecule has 0 bridgehead atoms. The van der Waals surface area contributed by atoms with Gasteiger partial charge >= 0.3 is 0 Å². The molecule has 0 aliphatic carbocycles. The number of rotatable bonds is 3. The van der Waals surface area contributed by atoms with Crippen molar-refractivity contribution in [2.24, 2.45) is 4.99 Å². The number of non-ortho nitro benzene ring substituents is 1. The molecule has 1 aromatic rings. The maximum absolute atomic E-state index is 10.9. The smallest absolute Gasteiger partial charge is 0.270 e. The van der Waals surface area contributed by atoms with Crippen molar-refractivity contribution in [3.05, 3.63) is 40.0 Å². The summed E-state index contributed by atoms with van der Waals surface area (Å²) in [6, 6.07) is 4.44. The minimum Gasteiger partial charge on any atom is -0.483 e. The number of nitrogens with zero attached hydrogens (tertiary/aromatic N) is 4. The second-order valence-corrected chi connectivity index (χ2v) is 5.13. The van der Waals surface area contributed by atoms with Crippen molar-refractivity contribution in [3.8, 4) is 11.9 Å². The van der Waals surface area contributed by atoms with Gasteiger partial charge in [0.05, 0.1) is 10.6 Å². The molecule has 1 heterocycles. The molecule has 1 aliphatic rings. The van der Waals surface area contributed by atoms with E-state index in [-0.39, 0.29) is 5.69 Å². The van der Waals surface area contributed by atoms with Crippen molar-refractivity contribution in [2.75, 3.05) is 7.05 Å². The fourth-order valence-electron chi connectivity index (χ4n) is 2.11. The van der Waals surface area contributed by atoms with Crippen molar-refractivity contribution in [1.29, 1.82) is 5.26 Å². The third kappa shape index (κ3) is 3.00. The molecule has 0 N–H and O–H groups in total. The Morgan fingerprint density at radius 2 is 2.24 bits per heavy atom. The molecule has 0 fully saturated rings. The highest BCUT2D eigenvalue weighted by molar-refractivity contribution is 5.81. The Bertz CT molecular complexity index is 686. The predicted octanol–water partition coefficient (Wildman–Crippen LogP) is 2.55. The van der Waals surface area contributed by atoms with Crippen LogP contribution in [-0.4, -0.2) is 28.8 Å². The summed E-state index contributed by atoms with van der Waals surface area (Å²) in [5.74, 6) is 0.556. The highest BCUT2D eigenvalue weighted by atomic mass is 16.6. The van der Waals surface area contributed by atoms with Crippen LogP contribution >= 0.6 is 0 Å². The van der Waals surface area contributed by atoms with Gasteiger partial charge in [0.2, 0.25) is 6.19 Å². The van der Waals surface area contributed by atoms with Crippen LogP contribution in [0.15, 0.2) is 29.3 Å². The van der Waals surface area contributed by atoms with E-state index in [4.69, 9.17) is 10.00 Å². The van der Waals surface area contributed by atoms with Gasteiger partial charge in [0.15, 0.2) is 0 Å². The fourth-order valence-corrected chi connectivity index (χ4v) is 2.11. The molecule has 1 aromatic carbocycles. The van der Waals surface area contributed by atoms with Crippen LogP contribution in [0.1, 0.15) is 19.4 Å². The van der Waals surface area contributed by atoms with Gasteiger partial charge in [-0.2, -0.15) is 10.3 Å². The van der Waals surface area contributed by atoms with Crippen molar-refractivity contribution in [3.63, 3.8) is 0 Å². The number of nitro benzene ring substituents is 1. The first-order valence-corrected chi connectivity index (χ1v) is 6.20. The zero-order valence-electron chi connectivity index (χ0n) is 11.9. The van der Waals surface area contributed by atoms with E-state index >= 15 is 0 Å². The van der Waals surface area contributed by atoms with Gasteiger partial charge < -0.3 is 9.64 Å². The number of benzene rings is 1. The van der Waals surface area contributed by atoms with E-state index in [1.807, 2.05) is 19.9 Å². The summed E-state index contributed by atoms with van der Waals surface area (Å²) in [6.07, 6.45) is 4.87. The topological polar surface area (TPSA) is 91.8 Å². The maximum Gasteiger partial charge on any atom is 0.270 e. The summed E-state index contributed by atoms with van der Waals surface area (Å²) in [4.78, 5) is 15.6. The van der Waals surface area contributed by atoms with E-state index in [9.17, 15) is 10.1 Å². The van der Waals surface area contributed by atoms with Crippen LogP contribution in [0.5, 0.6) is 5.75 Å². The Morgan fingerprint density at radius 3 is 2.86 bits per heavy atom. The highest BCUT2D eigenvalue weighted by Crippen LogP contribution is 2.38. The first-order valence-electron chi connectivity index (χ1n) is 6.20. The molecule has 0 radical (unpaired) electrons. The largest absolute Gasteiger partial charge is 0.483 e. The molecule has 0 amide bonds. The van der Waals surface area contributed by atoms with Crippen LogP contribution in [0.4, 0.5) is 5.69 Å². The van der Waals surface area contributed by atoms with E-state index in [0.29, 0.717) is 17.0 Å². The van der Waals surface area contributed by atoms with Gasteiger partial charge in [-0.05, 0) is 26.0 Å². The quantitative estimate of drug-likeness (QED) is 0.280. The SMILES string of the molecule is CN(C=NC#N)C1=CC(C)(C)Oc2ccc([N+](=O)[O-])cc21. The monoisotopic (exact) mass is 286 g/mol. The van der Waals surface area contributed by atoms with Gasteiger partial charge in [0.1, 0.15) is 17.7 Å². The minimum atomic E-state index is -0.562. The second kappa shape index (κ2) is 5.25. The zero-order valence-corrected chi connectivity index (χ0v) is 11.9. The maximum atomic E-state index is 10.9. The lowest BCUT2D eigenvalue weighted by Gasteiger charge is -2.33. The molecule has 2 rings (SSSR count). The summed E-state index contributed by atoms with van der Waals surface area (Å²) < 4.78 is 5.80. The van der Waals surface area contributed by atoms with Gasteiger partial charge in [-0.25, -0.2) is 0 Å². The van der Waals surface area contributed by atoms with Crippen LogP contribution in [0.2, 0.25) is 0 Å². The van der Waals surface area contributed by atoms with Gasteiger partial charge in [0.25, 0.3) is 5.69 Å². The second-order valence-electron chi connectivity index (χ2n) is 5.13. The molecule has 0 aromatic heterocycles.